The molecule has 0 saturated heterocycles. The first-order valence-corrected chi connectivity index (χ1v) is 8.84. The first-order chi connectivity index (χ1) is 13.0. The lowest BCUT2D eigenvalue weighted by Gasteiger charge is -2.14. The molecule has 0 aliphatic carbocycles. The Labute approximate surface area is 158 Å². The van der Waals surface area contributed by atoms with Crippen LogP contribution in [0, 0.1) is 27.2 Å². The van der Waals surface area contributed by atoms with Crippen molar-refractivity contribution in [1.29, 1.82) is 0 Å². The van der Waals surface area contributed by atoms with Gasteiger partial charge in [0.2, 0.25) is 6.54 Å². The van der Waals surface area contributed by atoms with Crippen molar-refractivity contribution in [3.63, 3.8) is 0 Å². The van der Waals surface area contributed by atoms with Crippen molar-refractivity contribution in [3.05, 3.63) is 86.2 Å². The third-order valence-corrected chi connectivity index (χ3v) is 5.01. The minimum Gasteiger partial charge on any atom is -0.274 e. The Kier molecular flexibility index (Phi) is 5.46. The van der Waals surface area contributed by atoms with Crippen LogP contribution in [0.25, 0.3) is 5.69 Å². The van der Waals surface area contributed by atoms with Gasteiger partial charge in [-0.1, -0.05) is 42.1 Å². The second kappa shape index (κ2) is 7.96. The highest BCUT2D eigenvalue weighted by Crippen LogP contribution is 2.36. The van der Waals surface area contributed by atoms with E-state index in [1.54, 1.807) is 17.6 Å². The molecule has 0 radical (unpaired) electrons. The molecule has 3 aromatic rings. The van der Waals surface area contributed by atoms with Crippen LogP contribution >= 0.6 is 11.8 Å². The van der Waals surface area contributed by atoms with E-state index in [0.29, 0.717) is 16.5 Å². The number of thioether (sulfide) groups is 1. The average molecular weight is 385 g/mol. The van der Waals surface area contributed by atoms with Gasteiger partial charge in [0, 0.05) is 22.7 Å². The summed E-state index contributed by atoms with van der Waals surface area (Å²) in [6.45, 7) is 1.40. The molecule has 0 bridgehead atoms. The van der Waals surface area contributed by atoms with E-state index in [9.17, 15) is 20.2 Å². The van der Waals surface area contributed by atoms with Crippen LogP contribution in [-0.4, -0.2) is 31.2 Å². The highest BCUT2D eigenvalue weighted by atomic mass is 32.2. The first-order valence-electron chi connectivity index (χ1n) is 7.96. The number of aromatic nitrogens is 3. The van der Waals surface area contributed by atoms with Crippen LogP contribution in [0.2, 0.25) is 0 Å². The monoisotopic (exact) mass is 385 g/mol. The van der Waals surface area contributed by atoms with E-state index in [4.69, 9.17) is 0 Å². The molecule has 1 atom stereocenters. The fraction of sp³-hybridized carbons (Fsp3) is 0.176. The highest BCUT2D eigenvalue weighted by Gasteiger charge is 2.25. The Hall–Kier alpha value is -3.27. The van der Waals surface area contributed by atoms with Crippen LogP contribution in [0.1, 0.15) is 16.6 Å². The van der Waals surface area contributed by atoms with E-state index >= 15 is 0 Å². The Bertz CT molecular complexity index is 976. The van der Waals surface area contributed by atoms with Crippen LogP contribution in [0.4, 0.5) is 5.69 Å². The van der Waals surface area contributed by atoms with Gasteiger partial charge in [-0.15, -0.1) is 10.2 Å². The summed E-state index contributed by atoms with van der Waals surface area (Å²) in [6, 6.07) is 15.3. The van der Waals surface area contributed by atoms with Crippen molar-refractivity contribution in [2.75, 3.05) is 6.54 Å². The Morgan fingerprint density at radius 1 is 1.07 bits per heavy atom. The fourth-order valence-corrected chi connectivity index (χ4v) is 3.77. The lowest BCUT2D eigenvalue weighted by molar-refractivity contribution is -0.479. The number of rotatable bonds is 7. The Morgan fingerprint density at radius 3 is 2.48 bits per heavy atom. The van der Waals surface area contributed by atoms with Gasteiger partial charge in [0.05, 0.1) is 4.92 Å². The molecule has 10 heteroatoms. The van der Waals surface area contributed by atoms with Crippen LogP contribution in [0.3, 0.4) is 0 Å². The molecule has 3 rings (SSSR count). The highest BCUT2D eigenvalue weighted by molar-refractivity contribution is 7.99. The van der Waals surface area contributed by atoms with Gasteiger partial charge in [0.25, 0.3) is 5.69 Å². The standard InChI is InChI=1S/C17H15N5O4S/c1-12-18-19-17(21(12)14-7-3-2-4-8-14)27-16(11-20(23)24)13-6-5-9-15(10-13)22(25)26/h2-10,16H,11H2,1H3/t16-/m0/s1. The SMILES string of the molecule is Cc1nnc(S[C@@H](C[N+](=O)[O-])c2cccc([N+](=O)[O-])c2)n1-c1ccccc1. The maximum absolute atomic E-state index is 11.2. The molecule has 2 aromatic carbocycles. The summed E-state index contributed by atoms with van der Waals surface area (Å²) in [4.78, 5) is 21.2. The molecule has 0 amide bonds. The summed E-state index contributed by atoms with van der Waals surface area (Å²) in [5, 5.41) is 30.3. The molecule has 138 valence electrons. The maximum Gasteiger partial charge on any atom is 0.269 e. The number of benzene rings is 2. The summed E-state index contributed by atoms with van der Waals surface area (Å²) >= 11 is 1.16. The number of nitro benzene ring substituents is 1. The second-order valence-corrected chi connectivity index (χ2v) is 6.84. The molecule has 0 saturated carbocycles. The molecule has 1 aromatic heterocycles. The molecule has 1 heterocycles. The topological polar surface area (TPSA) is 117 Å². The third kappa shape index (κ3) is 4.29. The number of hydrogen-bond donors (Lipinski definition) is 0. The number of non-ortho nitro benzene ring substituents is 1. The van der Waals surface area contributed by atoms with Gasteiger partial charge in [0.1, 0.15) is 11.1 Å². The number of nitro groups is 2. The molecule has 0 aliphatic rings. The number of hydrogen-bond acceptors (Lipinski definition) is 7. The predicted octanol–water partition coefficient (Wildman–Crippen LogP) is 3.59. The predicted molar refractivity (Wildman–Crippen MR) is 99.7 cm³/mol. The normalized spacial score (nSPS) is 11.9. The molecule has 27 heavy (non-hydrogen) atoms. The van der Waals surface area contributed by atoms with Crippen molar-refractivity contribution >= 4 is 17.4 Å². The zero-order valence-corrected chi connectivity index (χ0v) is 15.1. The first kappa shape index (κ1) is 18.5. The van der Waals surface area contributed by atoms with Gasteiger partial charge in [-0.3, -0.25) is 24.8 Å². The molecule has 0 unspecified atom stereocenters. The van der Waals surface area contributed by atoms with Crippen molar-refractivity contribution in [3.8, 4) is 5.69 Å². The molecule has 0 aliphatic heterocycles. The van der Waals surface area contributed by atoms with Gasteiger partial charge in [-0.05, 0) is 24.6 Å². The maximum atomic E-state index is 11.2. The minimum absolute atomic E-state index is 0.109. The summed E-state index contributed by atoms with van der Waals surface area (Å²) in [6.07, 6.45) is 0. The lowest BCUT2D eigenvalue weighted by Crippen LogP contribution is -2.11. The zero-order valence-electron chi connectivity index (χ0n) is 14.3. The van der Waals surface area contributed by atoms with E-state index in [-0.39, 0.29) is 5.69 Å². The summed E-state index contributed by atoms with van der Waals surface area (Å²) in [5.41, 5.74) is 1.22. The number of para-hydroxylation sites is 1. The van der Waals surface area contributed by atoms with E-state index in [1.165, 1.54) is 18.2 Å². The van der Waals surface area contributed by atoms with E-state index < -0.39 is 21.6 Å². The summed E-state index contributed by atoms with van der Waals surface area (Å²) in [7, 11) is 0. The smallest absolute Gasteiger partial charge is 0.269 e. The van der Waals surface area contributed by atoms with Crippen LogP contribution in [-0.2, 0) is 0 Å². The number of nitrogens with zero attached hydrogens (tertiary/aromatic N) is 5. The van der Waals surface area contributed by atoms with Crippen LogP contribution < -0.4 is 0 Å². The fourth-order valence-electron chi connectivity index (χ4n) is 2.61. The van der Waals surface area contributed by atoms with Gasteiger partial charge >= 0.3 is 0 Å². The van der Waals surface area contributed by atoms with E-state index in [1.807, 2.05) is 30.3 Å². The molecule has 0 fully saturated rings. The van der Waals surface area contributed by atoms with Gasteiger partial charge in [0.15, 0.2) is 5.16 Å². The van der Waals surface area contributed by atoms with Crippen molar-refractivity contribution in [2.45, 2.75) is 17.3 Å². The molecule has 0 spiro atoms. The zero-order chi connectivity index (χ0) is 19.4. The van der Waals surface area contributed by atoms with Crippen LogP contribution in [0.5, 0.6) is 0 Å². The van der Waals surface area contributed by atoms with Crippen molar-refractivity contribution < 1.29 is 9.85 Å². The summed E-state index contributed by atoms with van der Waals surface area (Å²) < 4.78 is 1.80. The average Bonchev–Trinajstić information content (AvgIpc) is 3.02. The summed E-state index contributed by atoms with van der Waals surface area (Å²) in [5.74, 6) is 0.641. The third-order valence-electron chi connectivity index (χ3n) is 3.82. The van der Waals surface area contributed by atoms with Crippen molar-refractivity contribution in [2.24, 2.45) is 0 Å². The van der Waals surface area contributed by atoms with Crippen molar-refractivity contribution in [1.82, 2.24) is 14.8 Å². The van der Waals surface area contributed by atoms with Crippen LogP contribution in [0.15, 0.2) is 59.8 Å². The molecular weight excluding hydrogens is 370 g/mol. The minimum atomic E-state index is -0.647. The number of aryl methyl sites for hydroxylation is 1. The largest absolute Gasteiger partial charge is 0.274 e. The van der Waals surface area contributed by atoms with Gasteiger partial charge in [-0.25, -0.2) is 0 Å². The van der Waals surface area contributed by atoms with Gasteiger partial charge in [-0.2, -0.15) is 0 Å². The molecule has 0 N–H and O–H groups in total. The second-order valence-electron chi connectivity index (χ2n) is 5.67. The van der Waals surface area contributed by atoms with E-state index in [2.05, 4.69) is 10.2 Å². The lowest BCUT2D eigenvalue weighted by atomic mass is 10.1. The Balaban J connectivity index is 1.98. The molecule has 9 nitrogen and oxygen atoms in total. The Morgan fingerprint density at radius 2 is 1.81 bits per heavy atom. The van der Waals surface area contributed by atoms with E-state index in [0.717, 1.165) is 17.4 Å². The molecular formula is C17H15N5O4S. The quantitative estimate of drug-likeness (QED) is 0.346. The van der Waals surface area contributed by atoms with Gasteiger partial charge < -0.3 is 0 Å².